The van der Waals surface area contributed by atoms with E-state index >= 15 is 0 Å². The van der Waals surface area contributed by atoms with Crippen LogP contribution in [0.2, 0.25) is 0 Å². The zero-order chi connectivity index (χ0) is 6.81. The quantitative estimate of drug-likeness (QED) is 0.561. The van der Waals surface area contributed by atoms with Gasteiger partial charge >= 0.3 is 0 Å². The van der Waals surface area contributed by atoms with E-state index < -0.39 is 0 Å². The van der Waals surface area contributed by atoms with E-state index in [-0.39, 0.29) is 12.4 Å². The molecule has 0 amide bonds. The molecule has 0 saturated heterocycles. The normalized spacial score (nSPS) is 9.09. The second-order valence-electron chi connectivity index (χ2n) is 2.35. The van der Waals surface area contributed by atoms with Crippen LogP contribution in [0.25, 0.3) is 10.8 Å². The van der Waals surface area contributed by atoms with Gasteiger partial charge in [0.25, 0.3) is 0 Å². The molecular weight excluding hydrogens is 156 g/mol. The Morgan fingerprint density at radius 1 is 0.545 bits per heavy atom. The molecule has 0 aliphatic rings. The van der Waals surface area contributed by atoms with Gasteiger partial charge in [-0.3, -0.25) is 0 Å². The largest absolute Gasteiger partial charge is 0.147 e. The molecule has 0 nitrogen and oxygen atoms in total. The third kappa shape index (κ3) is 1.52. The highest BCUT2D eigenvalue weighted by Gasteiger charge is 1.85. The maximum absolute atomic E-state index is 2.12. The highest BCUT2D eigenvalue weighted by atomic mass is 35.5. The van der Waals surface area contributed by atoms with Gasteiger partial charge < -0.3 is 0 Å². The van der Waals surface area contributed by atoms with Crippen LogP contribution in [-0.2, 0) is 0 Å². The first-order chi connectivity index (χ1) is 4.97. The predicted octanol–water partition coefficient (Wildman–Crippen LogP) is 3.26. The van der Waals surface area contributed by atoms with Crippen LogP contribution in [0.5, 0.6) is 0 Å². The van der Waals surface area contributed by atoms with Gasteiger partial charge in [0.05, 0.1) is 0 Å². The summed E-state index contributed by atoms with van der Waals surface area (Å²) in [5.41, 5.74) is 0. The van der Waals surface area contributed by atoms with E-state index in [9.17, 15) is 0 Å². The zero-order valence-corrected chi connectivity index (χ0v) is 6.84. The first-order valence-electron chi connectivity index (χ1n) is 3.40. The van der Waals surface area contributed by atoms with Crippen molar-refractivity contribution in [1.29, 1.82) is 0 Å². The molecule has 56 valence electrons. The van der Waals surface area contributed by atoms with E-state index in [1.54, 1.807) is 0 Å². The molecule has 0 fully saturated rings. The summed E-state index contributed by atoms with van der Waals surface area (Å²) >= 11 is 0. The number of hydrogen-bond donors (Lipinski definition) is 0. The highest BCUT2D eigenvalue weighted by molar-refractivity contribution is 5.85. The Balaban J connectivity index is 0.000000605. The summed E-state index contributed by atoms with van der Waals surface area (Å²) in [5, 5.41) is 2.62. The van der Waals surface area contributed by atoms with Gasteiger partial charge in [-0.25, -0.2) is 0 Å². The second kappa shape index (κ2) is 3.40. The Hall–Kier alpha value is -1.01. The van der Waals surface area contributed by atoms with E-state index in [1.807, 2.05) is 0 Å². The predicted molar refractivity (Wildman–Crippen MR) is 51.2 cm³/mol. The maximum Gasteiger partial charge on any atom is -0.0184 e. The Kier molecular flexibility index (Phi) is 2.50. The fourth-order valence-electron chi connectivity index (χ4n) is 1.13. The summed E-state index contributed by atoms with van der Waals surface area (Å²) in [6.07, 6.45) is 0. The second-order valence-corrected chi connectivity index (χ2v) is 2.35. The molecule has 0 unspecified atom stereocenters. The SMILES string of the molecule is Cl.c1ccc2ccccc2c1. The molecule has 0 radical (unpaired) electrons. The van der Waals surface area contributed by atoms with Crippen molar-refractivity contribution in [3.63, 3.8) is 0 Å². The molecule has 0 aliphatic heterocycles. The number of halogens is 1. The van der Waals surface area contributed by atoms with E-state index in [2.05, 4.69) is 48.5 Å². The van der Waals surface area contributed by atoms with Gasteiger partial charge in [0.15, 0.2) is 0 Å². The molecule has 2 aromatic carbocycles. The molecule has 2 aromatic rings. The Bertz CT molecular complexity index is 276. The van der Waals surface area contributed by atoms with Gasteiger partial charge in [-0.1, -0.05) is 48.5 Å². The zero-order valence-electron chi connectivity index (χ0n) is 6.03. The van der Waals surface area contributed by atoms with Gasteiger partial charge in [-0.2, -0.15) is 0 Å². The summed E-state index contributed by atoms with van der Waals surface area (Å²) in [6.45, 7) is 0. The molecule has 0 aliphatic carbocycles. The molecule has 0 bridgehead atoms. The lowest BCUT2D eigenvalue weighted by atomic mass is 10.1. The third-order valence-corrected chi connectivity index (χ3v) is 1.66. The van der Waals surface area contributed by atoms with Crippen LogP contribution < -0.4 is 0 Å². The highest BCUT2D eigenvalue weighted by Crippen LogP contribution is 2.11. The van der Waals surface area contributed by atoms with Crippen LogP contribution in [0.1, 0.15) is 0 Å². The summed E-state index contributed by atoms with van der Waals surface area (Å²) in [7, 11) is 0. The summed E-state index contributed by atoms with van der Waals surface area (Å²) < 4.78 is 0. The lowest BCUT2D eigenvalue weighted by Crippen LogP contribution is -1.67. The summed E-state index contributed by atoms with van der Waals surface area (Å²) in [5.74, 6) is 0. The molecule has 1 heteroatoms. The lowest BCUT2D eigenvalue weighted by Gasteiger charge is -1.92. The van der Waals surface area contributed by atoms with Crippen LogP contribution in [0, 0.1) is 0 Å². The van der Waals surface area contributed by atoms with Crippen molar-refractivity contribution in [3.8, 4) is 0 Å². The first kappa shape index (κ1) is 8.09. The minimum atomic E-state index is 0. The smallest absolute Gasteiger partial charge is 0.0184 e. The van der Waals surface area contributed by atoms with Gasteiger partial charge in [0.2, 0.25) is 0 Å². The molecule has 0 aromatic heterocycles. The van der Waals surface area contributed by atoms with Gasteiger partial charge in [0.1, 0.15) is 0 Å². The van der Waals surface area contributed by atoms with Crippen molar-refractivity contribution < 1.29 is 0 Å². The van der Waals surface area contributed by atoms with Crippen molar-refractivity contribution in [2.45, 2.75) is 0 Å². The number of fused-ring (bicyclic) bond motifs is 1. The van der Waals surface area contributed by atoms with E-state index in [1.165, 1.54) is 10.8 Å². The maximum atomic E-state index is 2.12. The average Bonchev–Trinajstić information content (AvgIpc) is 2.05. The van der Waals surface area contributed by atoms with Crippen LogP contribution in [0.3, 0.4) is 0 Å². The molecule has 0 heterocycles. The molecule has 0 atom stereocenters. The van der Waals surface area contributed by atoms with Crippen molar-refractivity contribution >= 4 is 23.2 Å². The number of hydrogen-bond acceptors (Lipinski definition) is 0. The fraction of sp³-hybridized carbons (Fsp3) is 0. The fourth-order valence-corrected chi connectivity index (χ4v) is 1.13. The van der Waals surface area contributed by atoms with Crippen molar-refractivity contribution in [3.05, 3.63) is 48.5 Å². The topological polar surface area (TPSA) is 0 Å². The molecule has 2 rings (SSSR count). The minimum absolute atomic E-state index is 0. The van der Waals surface area contributed by atoms with Crippen LogP contribution in [0.4, 0.5) is 0 Å². The molecule has 0 spiro atoms. The average molecular weight is 165 g/mol. The van der Waals surface area contributed by atoms with E-state index in [0.717, 1.165) is 0 Å². The molecular formula is C10H9Cl. The Morgan fingerprint density at radius 2 is 0.818 bits per heavy atom. The third-order valence-electron chi connectivity index (χ3n) is 1.66. The first-order valence-corrected chi connectivity index (χ1v) is 3.40. The van der Waals surface area contributed by atoms with Crippen LogP contribution in [0.15, 0.2) is 48.5 Å². The standard InChI is InChI=1S/C10H8.ClH/c1-2-6-10-8-4-3-7-9(10)5-1;/h1-8H;1H. The van der Waals surface area contributed by atoms with E-state index in [4.69, 9.17) is 0 Å². The van der Waals surface area contributed by atoms with E-state index in [0.29, 0.717) is 0 Å². The van der Waals surface area contributed by atoms with Crippen molar-refractivity contribution in [2.24, 2.45) is 0 Å². The van der Waals surface area contributed by atoms with Crippen LogP contribution >= 0.6 is 12.4 Å². The van der Waals surface area contributed by atoms with Crippen molar-refractivity contribution in [1.82, 2.24) is 0 Å². The monoisotopic (exact) mass is 164 g/mol. The van der Waals surface area contributed by atoms with Gasteiger partial charge in [-0.15, -0.1) is 12.4 Å². The minimum Gasteiger partial charge on any atom is -0.147 e. The van der Waals surface area contributed by atoms with Crippen LogP contribution in [-0.4, -0.2) is 0 Å². The number of rotatable bonds is 0. The summed E-state index contributed by atoms with van der Waals surface area (Å²) in [6, 6.07) is 16.7. The van der Waals surface area contributed by atoms with Gasteiger partial charge in [0, 0.05) is 0 Å². The lowest BCUT2D eigenvalue weighted by molar-refractivity contribution is 1.75. The Labute approximate surface area is 72.3 Å². The van der Waals surface area contributed by atoms with Crippen molar-refractivity contribution in [2.75, 3.05) is 0 Å². The number of benzene rings is 2. The molecule has 0 saturated carbocycles. The summed E-state index contributed by atoms with van der Waals surface area (Å²) in [4.78, 5) is 0. The van der Waals surface area contributed by atoms with Gasteiger partial charge in [-0.05, 0) is 10.8 Å². The molecule has 11 heavy (non-hydrogen) atoms. The molecule has 0 N–H and O–H groups in total. The Morgan fingerprint density at radius 3 is 1.09 bits per heavy atom.